The van der Waals surface area contributed by atoms with E-state index in [2.05, 4.69) is 29.4 Å². The zero-order chi connectivity index (χ0) is 19.8. The average Bonchev–Trinajstić information content (AvgIpc) is 3.43. The Morgan fingerprint density at radius 1 is 1.14 bits per heavy atom. The highest BCUT2D eigenvalue weighted by molar-refractivity contribution is 6.02. The third-order valence-corrected chi connectivity index (χ3v) is 5.79. The SMILES string of the molecule is CC(O)Oc1ccc(C2=NOC3(CCOC3)C2)cc1OC1Cc2ccccc2C1. The molecule has 2 unspecified atom stereocenters. The Hall–Kier alpha value is -2.57. The van der Waals surface area contributed by atoms with E-state index in [0.29, 0.717) is 24.7 Å². The Kier molecular flexibility index (Phi) is 4.68. The first-order valence-corrected chi connectivity index (χ1v) is 10.2. The first-order chi connectivity index (χ1) is 14.1. The van der Waals surface area contributed by atoms with Gasteiger partial charge in [0.15, 0.2) is 23.4 Å². The molecule has 0 radical (unpaired) electrons. The van der Waals surface area contributed by atoms with Crippen molar-refractivity contribution in [2.24, 2.45) is 5.16 Å². The van der Waals surface area contributed by atoms with Crippen LogP contribution in [0.1, 0.15) is 36.5 Å². The average molecular weight is 395 g/mol. The van der Waals surface area contributed by atoms with Crippen molar-refractivity contribution in [3.05, 3.63) is 59.2 Å². The van der Waals surface area contributed by atoms with Gasteiger partial charge in [0.05, 0.1) is 18.9 Å². The van der Waals surface area contributed by atoms with E-state index in [4.69, 9.17) is 19.0 Å². The van der Waals surface area contributed by atoms with Crippen LogP contribution in [-0.2, 0) is 22.4 Å². The van der Waals surface area contributed by atoms with E-state index in [1.54, 1.807) is 6.92 Å². The molecule has 1 aliphatic carbocycles. The molecule has 0 bridgehead atoms. The van der Waals surface area contributed by atoms with E-state index in [-0.39, 0.29) is 11.7 Å². The van der Waals surface area contributed by atoms with Crippen LogP contribution in [-0.4, -0.2) is 42.0 Å². The number of fused-ring (bicyclic) bond motifs is 1. The van der Waals surface area contributed by atoms with E-state index in [9.17, 15) is 5.11 Å². The second-order valence-corrected chi connectivity index (χ2v) is 8.09. The molecule has 1 fully saturated rings. The molecule has 5 rings (SSSR count). The first-order valence-electron chi connectivity index (χ1n) is 10.2. The van der Waals surface area contributed by atoms with Crippen LogP contribution in [0.15, 0.2) is 47.6 Å². The Morgan fingerprint density at radius 3 is 2.62 bits per heavy atom. The fourth-order valence-electron chi connectivity index (χ4n) is 4.32. The molecule has 2 atom stereocenters. The summed E-state index contributed by atoms with van der Waals surface area (Å²) in [5.74, 6) is 1.14. The lowest BCUT2D eigenvalue weighted by Crippen LogP contribution is -2.29. The van der Waals surface area contributed by atoms with Crippen molar-refractivity contribution in [3.63, 3.8) is 0 Å². The fourth-order valence-corrected chi connectivity index (χ4v) is 4.32. The summed E-state index contributed by atoms with van der Waals surface area (Å²) in [7, 11) is 0. The van der Waals surface area contributed by atoms with Gasteiger partial charge in [-0.05, 0) is 36.2 Å². The van der Waals surface area contributed by atoms with Crippen LogP contribution in [0.4, 0.5) is 0 Å². The van der Waals surface area contributed by atoms with Crippen molar-refractivity contribution < 1.29 is 24.2 Å². The van der Waals surface area contributed by atoms with Crippen molar-refractivity contribution >= 4 is 5.71 Å². The summed E-state index contributed by atoms with van der Waals surface area (Å²) >= 11 is 0. The number of benzene rings is 2. The molecule has 0 amide bonds. The molecule has 0 saturated carbocycles. The van der Waals surface area contributed by atoms with Crippen LogP contribution in [0.3, 0.4) is 0 Å². The largest absolute Gasteiger partial charge is 0.486 e. The van der Waals surface area contributed by atoms with Gasteiger partial charge in [0.2, 0.25) is 0 Å². The maximum absolute atomic E-state index is 9.72. The molecular formula is C23H25NO5. The monoisotopic (exact) mass is 395 g/mol. The molecule has 0 aromatic heterocycles. The Morgan fingerprint density at radius 2 is 1.93 bits per heavy atom. The van der Waals surface area contributed by atoms with E-state index in [1.807, 2.05) is 18.2 Å². The lowest BCUT2D eigenvalue weighted by molar-refractivity contribution is -0.0237. The van der Waals surface area contributed by atoms with E-state index >= 15 is 0 Å². The highest BCUT2D eigenvalue weighted by atomic mass is 16.7. The van der Waals surface area contributed by atoms with E-state index in [1.165, 1.54) is 11.1 Å². The minimum absolute atomic E-state index is 0.0374. The Balaban J connectivity index is 1.38. The summed E-state index contributed by atoms with van der Waals surface area (Å²) in [5, 5.41) is 14.0. The van der Waals surface area contributed by atoms with Crippen LogP contribution in [0.2, 0.25) is 0 Å². The normalized spacial score (nSPS) is 24.3. The molecule has 152 valence electrons. The van der Waals surface area contributed by atoms with Crippen molar-refractivity contribution in [1.29, 1.82) is 0 Å². The summed E-state index contributed by atoms with van der Waals surface area (Å²) in [4.78, 5) is 5.73. The number of ether oxygens (including phenoxy) is 3. The summed E-state index contributed by atoms with van der Waals surface area (Å²) in [6.07, 6.45) is 2.41. The topological polar surface area (TPSA) is 69.5 Å². The van der Waals surface area contributed by atoms with Gasteiger partial charge in [0, 0.05) is 31.2 Å². The van der Waals surface area contributed by atoms with Crippen LogP contribution in [0.25, 0.3) is 0 Å². The molecule has 2 heterocycles. The summed E-state index contributed by atoms with van der Waals surface area (Å²) in [5.41, 5.74) is 4.15. The van der Waals surface area contributed by atoms with Gasteiger partial charge in [-0.1, -0.05) is 29.4 Å². The van der Waals surface area contributed by atoms with Crippen LogP contribution in [0.5, 0.6) is 11.5 Å². The zero-order valence-corrected chi connectivity index (χ0v) is 16.5. The molecular weight excluding hydrogens is 370 g/mol. The van der Waals surface area contributed by atoms with Gasteiger partial charge in [-0.3, -0.25) is 0 Å². The summed E-state index contributed by atoms with van der Waals surface area (Å²) in [6, 6.07) is 14.1. The van der Waals surface area contributed by atoms with Crippen LogP contribution in [0, 0.1) is 0 Å². The third kappa shape index (κ3) is 3.70. The Labute approximate surface area is 170 Å². The quantitative estimate of drug-likeness (QED) is 0.787. The number of hydrogen-bond donors (Lipinski definition) is 1. The lowest BCUT2D eigenvalue weighted by atomic mass is 9.93. The van der Waals surface area contributed by atoms with Gasteiger partial charge in [-0.25, -0.2) is 0 Å². The maximum Gasteiger partial charge on any atom is 0.194 e. The molecule has 1 saturated heterocycles. The highest BCUT2D eigenvalue weighted by Crippen LogP contribution is 2.37. The molecule has 29 heavy (non-hydrogen) atoms. The number of aliphatic hydroxyl groups excluding tert-OH is 1. The number of rotatable bonds is 5. The molecule has 1 spiro atoms. The van der Waals surface area contributed by atoms with E-state index < -0.39 is 6.29 Å². The third-order valence-electron chi connectivity index (χ3n) is 5.79. The van der Waals surface area contributed by atoms with Crippen LogP contribution < -0.4 is 9.47 Å². The van der Waals surface area contributed by atoms with Gasteiger partial charge >= 0.3 is 0 Å². The molecule has 2 aliphatic heterocycles. The smallest absolute Gasteiger partial charge is 0.194 e. The standard InChI is InChI=1S/C23H25NO5/c1-15(25)27-21-7-6-18(20-13-23(29-24-20)8-9-26-14-23)12-22(21)28-19-10-16-4-2-3-5-17(16)11-19/h2-7,12,15,19,25H,8-11,13-14H2,1H3. The number of hydrogen-bond acceptors (Lipinski definition) is 6. The summed E-state index contributed by atoms with van der Waals surface area (Å²) in [6.45, 7) is 2.87. The minimum atomic E-state index is -0.921. The number of aliphatic hydroxyl groups is 1. The second kappa shape index (κ2) is 7.35. The molecule has 2 aromatic carbocycles. The van der Waals surface area contributed by atoms with Gasteiger partial charge in [0.1, 0.15) is 6.10 Å². The minimum Gasteiger partial charge on any atom is -0.486 e. The number of nitrogens with zero attached hydrogens (tertiary/aromatic N) is 1. The van der Waals surface area contributed by atoms with Crippen molar-refractivity contribution in [2.75, 3.05) is 13.2 Å². The molecule has 3 aliphatic rings. The summed E-state index contributed by atoms with van der Waals surface area (Å²) < 4.78 is 17.4. The predicted molar refractivity (Wildman–Crippen MR) is 107 cm³/mol. The van der Waals surface area contributed by atoms with Gasteiger partial charge in [0.25, 0.3) is 0 Å². The zero-order valence-electron chi connectivity index (χ0n) is 16.5. The van der Waals surface area contributed by atoms with Gasteiger partial charge in [-0.15, -0.1) is 0 Å². The van der Waals surface area contributed by atoms with Gasteiger partial charge in [-0.2, -0.15) is 0 Å². The molecule has 6 heteroatoms. The van der Waals surface area contributed by atoms with Gasteiger partial charge < -0.3 is 24.2 Å². The second-order valence-electron chi connectivity index (χ2n) is 8.09. The maximum atomic E-state index is 9.72. The van der Waals surface area contributed by atoms with Crippen molar-refractivity contribution in [2.45, 2.75) is 50.6 Å². The van der Waals surface area contributed by atoms with Crippen molar-refractivity contribution in [1.82, 2.24) is 0 Å². The van der Waals surface area contributed by atoms with Crippen molar-refractivity contribution in [3.8, 4) is 11.5 Å². The predicted octanol–water partition coefficient (Wildman–Crippen LogP) is 3.23. The fraction of sp³-hybridized carbons (Fsp3) is 0.435. The molecule has 1 N–H and O–H groups in total. The molecule has 2 aromatic rings. The van der Waals surface area contributed by atoms with E-state index in [0.717, 1.165) is 37.0 Å². The highest BCUT2D eigenvalue weighted by Gasteiger charge is 2.43. The number of oxime groups is 1. The Bertz CT molecular complexity index is 908. The lowest BCUT2D eigenvalue weighted by Gasteiger charge is -2.19. The first kappa shape index (κ1) is 18.5. The van der Waals surface area contributed by atoms with Crippen LogP contribution >= 0.6 is 0 Å². The molecule has 6 nitrogen and oxygen atoms in total.